The van der Waals surface area contributed by atoms with Crippen molar-refractivity contribution in [3.05, 3.63) is 65.4 Å². The van der Waals surface area contributed by atoms with Crippen LogP contribution in [0, 0.1) is 5.82 Å². The highest BCUT2D eigenvalue weighted by Crippen LogP contribution is 2.15. The Morgan fingerprint density at radius 1 is 1.36 bits per heavy atom. The Balaban J connectivity index is 1.99. The second-order valence-corrected chi connectivity index (χ2v) is 4.89. The quantitative estimate of drug-likeness (QED) is 0.657. The van der Waals surface area contributed by atoms with Gasteiger partial charge in [-0.3, -0.25) is 5.21 Å². The first-order valence-electron chi connectivity index (χ1n) is 6.74. The van der Waals surface area contributed by atoms with Gasteiger partial charge in [-0.2, -0.15) is 5.06 Å². The summed E-state index contributed by atoms with van der Waals surface area (Å²) in [5, 5.41) is 9.77. The van der Waals surface area contributed by atoms with E-state index in [1.807, 2.05) is 6.07 Å². The third-order valence-corrected chi connectivity index (χ3v) is 3.12. The molecule has 0 aliphatic heterocycles. The number of hydroxylamine groups is 2. The van der Waals surface area contributed by atoms with E-state index in [1.165, 1.54) is 12.1 Å². The van der Waals surface area contributed by atoms with Gasteiger partial charge in [0.25, 0.3) is 0 Å². The van der Waals surface area contributed by atoms with Crippen LogP contribution in [0.4, 0.5) is 9.18 Å². The molecule has 2 aromatic rings. The molecule has 0 bridgehead atoms. The lowest BCUT2D eigenvalue weighted by atomic mass is 10.1. The first-order chi connectivity index (χ1) is 10.5. The second-order valence-electron chi connectivity index (χ2n) is 4.89. The summed E-state index contributed by atoms with van der Waals surface area (Å²) in [6.45, 7) is 1.61. The molecule has 3 N–H and O–H groups in total. The standard InChI is InChI=1S/C16H17FN2O3/c1-11(19(21)16(18)20)2-7-14-8-9-15(22-14)10-12-3-5-13(17)6-4-12/h2-9,11,21H,10H2,1H3,(H2,18,20). The van der Waals surface area contributed by atoms with Crippen LogP contribution in [0.15, 0.2) is 46.9 Å². The minimum absolute atomic E-state index is 0.274. The van der Waals surface area contributed by atoms with Crippen molar-refractivity contribution in [3.63, 3.8) is 0 Å². The van der Waals surface area contributed by atoms with Crippen LogP contribution in [-0.2, 0) is 6.42 Å². The lowest BCUT2D eigenvalue weighted by Crippen LogP contribution is -2.38. The van der Waals surface area contributed by atoms with Gasteiger partial charge in [0.05, 0.1) is 6.04 Å². The molecule has 1 unspecified atom stereocenters. The van der Waals surface area contributed by atoms with E-state index >= 15 is 0 Å². The van der Waals surface area contributed by atoms with Gasteiger partial charge < -0.3 is 10.2 Å². The number of hydrogen-bond donors (Lipinski definition) is 2. The second kappa shape index (κ2) is 6.91. The van der Waals surface area contributed by atoms with E-state index in [4.69, 9.17) is 10.2 Å². The van der Waals surface area contributed by atoms with Crippen molar-refractivity contribution in [1.29, 1.82) is 0 Å². The lowest BCUT2D eigenvalue weighted by Gasteiger charge is -2.16. The van der Waals surface area contributed by atoms with Gasteiger partial charge in [0.2, 0.25) is 0 Å². The molecular formula is C16H17FN2O3. The number of urea groups is 1. The van der Waals surface area contributed by atoms with E-state index in [9.17, 15) is 14.4 Å². The maximum Gasteiger partial charge on any atom is 0.339 e. The summed E-state index contributed by atoms with van der Waals surface area (Å²) in [5.74, 6) is 1.04. The smallest absolute Gasteiger partial charge is 0.339 e. The Labute approximate surface area is 127 Å². The minimum atomic E-state index is -0.923. The van der Waals surface area contributed by atoms with E-state index in [0.717, 1.165) is 11.3 Å². The number of furan rings is 1. The van der Waals surface area contributed by atoms with Crippen molar-refractivity contribution in [2.45, 2.75) is 19.4 Å². The molecule has 0 saturated carbocycles. The summed E-state index contributed by atoms with van der Waals surface area (Å²) in [6.07, 6.45) is 3.79. The van der Waals surface area contributed by atoms with Crippen molar-refractivity contribution < 1.29 is 18.8 Å². The van der Waals surface area contributed by atoms with Gasteiger partial charge in [-0.15, -0.1) is 0 Å². The van der Waals surface area contributed by atoms with Gasteiger partial charge in [-0.25, -0.2) is 9.18 Å². The third kappa shape index (κ3) is 4.20. The molecular weight excluding hydrogens is 287 g/mol. The SMILES string of the molecule is CC(C=Cc1ccc(Cc2ccc(F)cc2)o1)N(O)C(N)=O. The van der Waals surface area contributed by atoms with Crippen molar-refractivity contribution >= 4 is 12.1 Å². The summed E-state index contributed by atoms with van der Waals surface area (Å²) < 4.78 is 18.4. The molecule has 0 aliphatic rings. The van der Waals surface area contributed by atoms with E-state index in [0.29, 0.717) is 17.2 Å². The van der Waals surface area contributed by atoms with E-state index < -0.39 is 12.1 Å². The summed E-state index contributed by atoms with van der Waals surface area (Å²) in [7, 11) is 0. The highest BCUT2D eigenvalue weighted by molar-refractivity contribution is 5.71. The van der Waals surface area contributed by atoms with E-state index in [-0.39, 0.29) is 5.82 Å². The molecule has 0 radical (unpaired) electrons. The number of amides is 2. The highest BCUT2D eigenvalue weighted by Gasteiger charge is 2.11. The number of benzene rings is 1. The number of nitrogens with two attached hydrogens (primary N) is 1. The van der Waals surface area contributed by atoms with Gasteiger partial charge in [0, 0.05) is 6.42 Å². The molecule has 1 aromatic carbocycles. The molecule has 1 heterocycles. The summed E-state index contributed by atoms with van der Waals surface area (Å²) >= 11 is 0. The van der Waals surface area contributed by atoms with E-state index in [2.05, 4.69) is 0 Å². The molecule has 1 aromatic heterocycles. The van der Waals surface area contributed by atoms with Crippen LogP contribution in [-0.4, -0.2) is 22.3 Å². The molecule has 116 valence electrons. The van der Waals surface area contributed by atoms with Crippen LogP contribution >= 0.6 is 0 Å². The number of nitrogens with zero attached hydrogens (tertiary/aromatic N) is 1. The fraction of sp³-hybridized carbons (Fsp3) is 0.188. The van der Waals surface area contributed by atoms with E-state index in [1.54, 1.807) is 37.3 Å². The maximum absolute atomic E-state index is 12.8. The average molecular weight is 304 g/mol. The zero-order valence-electron chi connectivity index (χ0n) is 12.1. The molecule has 5 nitrogen and oxygen atoms in total. The van der Waals surface area contributed by atoms with Crippen LogP contribution in [0.1, 0.15) is 24.0 Å². The number of primary amides is 1. The maximum atomic E-state index is 12.8. The molecule has 0 saturated heterocycles. The fourth-order valence-electron chi connectivity index (χ4n) is 1.90. The van der Waals surface area contributed by atoms with Gasteiger partial charge in [-0.1, -0.05) is 18.2 Å². The van der Waals surface area contributed by atoms with Crippen LogP contribution in [0.2, 0.25) is 0 Å². The zero-order valence-corrected chi connectivity index (χ0v) is 12.1. The van der Waals surface area contributed by atoms with Crippen molar-refractivity contribution in [3.8, 4) is 0 Å². The summed E-state index contributed by atoms with van der Waals surface area (Å²) in [6, 6.07) is 8.31. The normalized spacial score (nSPS) is 12.5. The molecule has 0 spiro atoms. The van der Waals surface area contributed by atoms with Crippen molar-refractivity contribution in [2.24, 2.45) is 5.73 Å². The number of hydrogen-bond acceptors (Lipinski definition) is 3. The Hall–Kier alpha value is -2.60. The fourth-order valence-corrected chi connectivity index (χ4v) is 1.90. The van der Waals surface area contributed by atoms with Gasteiger partial charge >= 0.3 is 6.03 Å². The monoisotopic (exact) mass is 304 g/mol. The highest BCUT2D eigenvalue weighted by atomic mass is 19.1. The molecule has 2 amide bonds. The Kier molecular flexibility index (Phi) is 4.95. The van der Waals surface area contributed by atoms with Crippen LogP contribution in [0.3, 0.4) is 0 Å². The number of carbonyl (C=O) groups is 1. The lowest BCUT2D eigenvalue weighted by molar-refractivity contribution is -0.0560. The minimum Gasteiger partial charge on any atom is -0.461 e. The van der Waals surface area contributed by atoms with Gasteiger partial charge in [0.15, 0.2) is 0 Å². The first-order valence-corrected chi connectivity index (χ1v) is 6.74. The predicted octanol–water partition coefficient (Wildman–Crippen LogP) is 3.18. The van der Waals surface area contributed by atoms with Crippen molar-refractivity contribution in [2.75, 3.05) is 0 Å². The zero-order chi connectivity index (χ0) is 16.1. The van der Waals surface area contributed by atoms with Crippen LogP contribution in [0.25, 0.3) is 6.08 Å². The molecule has 2 rings (SSSR count). The first kappa shape index (κ1) is 15.8. The Bertz CT molecular complexity index is 664. The topological polar surface area (TPSA) is 79.7 Å². The molecule has 0 aliphatic carbocycles. The summed E-state index contributed by atoms with van der Waals surface area (Å²) in [5.41, 5.74) is 5.90. The average Bonchev–Trinajstić information content (AvgIpc) is 2.94. The van der Waals surface area contributed by atoms with Gasteiger partial charge in [-0.05, 0) is 42.8 Å². The van der Waals surface area contributed by atoms with Crippen molar-refractivity contribution in [1.82, 2.24) is 5.06 Å². The van der Waals surface area contributed by atoms with Gasteiger partial charge in [0.1, 0.15) is 17.3 Å². The Morgan fingerprint density at radius 2 is 2.05 bits per heavy atom. The Morgan fingerprint density at radius 3 is 2.68 bits per heavy atom. The largest absolute Gasteiger partial charge is 0.461 e. The molecule has 1 atom stereocenters. The van der Waals surface area contributed by atoms with Crippen LogP contribution < -0.4 is 5.73 Å². The van der Waals surface area contributed by atoms with Crippen LogP contribution in [0.5, 0.6) is 0 Å². The summed E-state index contributed by atoms with van der Waals surface area (Å²) in [4.78, 5) is 10.8. The molecule has 0 fully saturated rings. The number of rotatable bonds is 5. The molecule has 6 heteroatoms. The molecule has 22 heavy (non-hydrogen) atoms. The third-order valence-electron chi connectivity index (χ3n) is 3.12. The number of halogens is 1. The predicted molar refractivity (Wildman–Crippen MR) is 79.6 cm³/mol. The number of carbonyl (C=O) groups excluding carboxylic acids is 1.